The van der Waals surface area contributed by atoms with Gasteiger partial charge >= 0.3 is 7.60 Å². The third kappa shape index (κ3) is 6.13. The van der Waals surface area contributed by atoms with Crippen LogP contribution in [-0.2, 0) is 43.6 Å². The largest absolute Gasteiger partial charge is 0.481 e. The summed E-state index contributed by atoms with van der Waals surface area (Å²) < 4.78 is 52.2. The van der Waals surface area contributed by atoms with Gasteiger partial charge in [0, 0.05) is 12.0 Å². The number of nitrogens with one attached hydrogen (secondary N) is 1. The van der Waals surface area contributed by atoms with Gasteiger partial charge < -0.3 is 23.8 Å². The molecule has 10 nitrogen and oxygen atoms in total. The molecule has 3 aromatic rings. The Morgan fingerprint density at radius 1 is 1.12 bits per heavy atom. The predicted octanol–water partition coefficient (Wildman–Crippen LogP) is 4.05. The van der Waals surface area contributed by atoms with Crippen LogP contribution < -0.4 is 20.9 Å². The molecule has 2 aliphatic rings. The summed E-state index contributed by atoms with van der Waals surface area (Å²) in [5.74, 6) is -1.22. The van der Waals surface area contributed by atoms with Gasteiger partial charge in [-0.25, -0.2) is 9.37 Å². The molecule has 2 aromatic carbocycles. The van der Waals surface area contributed by atoms with Crippen molar-refractivity contribution in [2.75, 3.05) is 19.8 Å². The fourth-order valence-corrected chi connectivity index (χ4v) is 6.79. The Morgan fingerprint density at radius 2 is 1.83 bits per heavy atom. The van der Waals surface area contributed by atoms with Crippen LogP contribution >= 0.6 is 7.60 Å². The number of aromatic nitrogens is 2. The number of nitrogens with zero attached hydrogens (tertiary/aromatic N) is 2. The number of hydrogen-bond donors (Lipinski definition) is 1. The molecule has 0 spiro atoms. The van der Waals surface area contributed by atoms with Crippen molar-refractivity contribution in [3.05, 3.63) is 87.3 Å². The van der Waals surface area contributed by atoms with Crippen molar-refractivity contribution in [3.63, 3.8) is 0 Å². The molecule has 3 heterocycles. The van der Waals surface area contributed by atoms with E-state index in [0.717, 1.165) is 11.6 Å². The number of ether oxygens (including phenoxy) is 2. The van der Waals surface area contributed by atoms with E-state index in [2.05, 4.69) is 10.3 Å². The van der Waals surface area contributed by atoms with Crippen LogP contribution in [0.1, 0.15) is 55.1 Å². The van der Waals surface area contributed by atoms with Crippen molar-refractivity contribution in [3.8, 4) is 5.75 Å². The molecule has 0 radical (unpaired) electrons. The van der Waals surface area contributed by atoms with Crippen LogP contribution in [0.15, 0.2) is 53.3 Å². The second-order valence-electron chi connectivity index (χ2n) is 11.4. The predicted molar refractivity (Wildman–Crippen MR) is 149 cm³/mol. The number of carbonyl (C=O) groups excluding carboxylic acids is 1. The molecule has 5 rings (SSSR count). The summed E-state index contributed by atoms with van der Waals surface area (Å²) in [5, 5.41) is 2.75. The number of carbonyl (C=O) groups is 1. The fraction of sp³-hybridized carbons (Fsp3) is 0.414. The number of benzene rings is 2. The lowest BCUT2D eigenvalue weighted by Gasteiger charge is -2.34. The van der Waals surface area contributed by atoms with Crippen LogP contribution in [0.4, 0.5) is 4.39 Å². The normalized spacial score (nSPS) is 18.8. The second kappa shape index (κ2) is 11.1. The van der Waals surface area contributed by atoms with Crippen LogP contribution in [0, 0.1) is 11.2 Å². The van der Waals surface area contributed by atoms with Gasteiger partial charge in [-0.3, -0.25) is 18.7 Å². The first-order chi connectivity index (χ1) is 19.4. The van der Waals surface area contributed by atoms with Crippen LogP contribution in [0.3, 0.4) is 0 Å². The van der Waals surface area contributed by atoms with E-state index in [4.69, 9.17) is 18.5 Å². The summed E-state index contributed by atoms with van der Waals surface area (Å²) in [6.45, 7) is 8.13. The van der Waals surface area contributed by atoms with E-state index in [1.165, 1.54) is 16.7 Å². The molecule has 1 N–H and O–H groups in total. The Kier molecular flexibility index (Phi) is 7.91. The van der Waals surface area contributed by atoms with Crippen LogP contribution in [-0.4, -0.2) is 35.3 Å². The zero-order valence-electron chi connectivity index (χ0n) is 23.4. The summed E-state index contributed by atoms with van der Waals surface area (Å²) in [4.78, 5) is 31.7. The molecule has 0 bridgehead atoms. The Morgan fingerprint density at radius 3 is 2.54 bits per heavy atom. The van der Waals surface area contributed by atoms with Gasteiger partial charge in [-0.2, -0.15) is 0 Å². The molecular weight excluding hydrogens is 552 g/mol. The number of amides is 1. The molecule has 218 valence electrons. The van der Waals surface area contributed by atoms with Crippen LogP contribution in [0.2, 0.25) is 0 Å². The van der Waals surface area contributed by atoms with Crippen LogP contribution in [0.5, 0.6) is 5.75 Å². The summed E-state index contributed by atoms with van der Waals surface area (Å²) in [5.41, 5.74) is -0.829. The molecule has 0 unspecified atom stereocenters. The Bertz CT molecular complexity index is 1560. The highest BCUT2D eigenvalue weighted by molar-refractivity contribution is 7.62. The first kappa shape index (κ1) is 29.1. The SMILES string of the molecule is CC1(C)COP(=O)(c2cc(F)ccc2CNC(=O)c2nc3n(c(=O)c2OCc2ccccc2)CCOC3(C)C)OC1. The molecule has 1 saturated heterocycles. The molecule has 0 saturated carbocycles. The number of fused-ring (bicyclic) bond motifs is 1. The first-order valence-electron chi connectivity index (χ1n) is 13.3. The van der Waals surface area contributed by atoms with E-state index in [0.29, 0.717) is 18.0 Å². The quantitative estimate of drug-likeness (QED) is 0.413. The van der Waals surface area contributed by atoms with E-state index in [1.807, 2.05) is 44.2 Å². The van der Waals surface area contributed by atoms with Gasteiger partial charge in [0.15, 0.2) is 5.69 Å². The zero-order valence-corrected chi connectivity index (χ0v) is 24.3. The molecule has 1 aromatic heterocycles. The highest BCUT2D eigenvalue weighted by Gasteiger charge is 2.40. The zero-order chi connectivity index (χ0) is 29.4. The molecule has 41 heavy (non-hydrogen) atoms. The standard InChI is InChI=1S/C29H33FN3O7P/c1-28(2)17-39-41(36,40-18-28)22-14-21(30)11-10-20(22)15-31-25(34)23-24(37-16-19-8-6-5-7-9-19)26(35)33-12-13-38-29(3,4)27(33)32-23/h5-11,14H,12-13,15-18H2,1-4H3,(H,31,34). The minimum Gasteiger partial charge on any atom is -0.481 e. The van der Waals surface area contributed by atoms with Crippen molar-refractivity contribution in [2.24, 2.45) is 5.41 Å². The lowest BCUT2D eigenvalue weighted by molar-refractivity contribution is -0.0567. The summed E-state index contributed by atoms with van der Waals surface area (Å²) >= 11 is 0. The molecule has 0 aliphatic carbocycles. The van der Waals surface area contributed by atoms with E-state index >= 15 is 0 Å². The monoisotopic (exact) mass is 585 g/mol. The third-order valence-electron chi connectivity index (χ3n) is 6.92. The Balaban J connectivity index is 1.46. The van der Waals surface area contributed by atoms with Crippen molar-refractivity contribution < 1.29 is 32.3 Å². The summed E-state index contributed by atoms with van der Waals surface area (Å²) in [7, 11) is -3.84. The average molecular weight is 586 g/mol. The van der Waals surface area contributed by atoms with Gasteiger partial charge in [-0.1, -0.05) is 50.2 Å². The van der Waals surface area contributed by atoms with Crippen molar-refractivity contribution in [1.29, 1.82) is 0 Å². The number of hydrogen-bond acceptors (Lipinski definition) is 8. The Labute approximate surface area is 237 Å². The summed E-state index contributed by atoms with van der Waals surface area (Å²) in [6.07, 6.45) is 0. The van der Waals surface area contributed by atoms with Gasteiger partial charge in [-0.05, 0) is 37.1 Å². The van der Waals surface area contributed by atoms with Crippen LogP contribution in [0.25, 0.3) is 0 Å². The van der Waals surface area contributed by atoms with Crippen molar-refractivity contribution in [2.45, 2.75) is 53.0 Å². The average Bonchev–Trinajstić information content (AvgIpc) is 2.94. The van der Waals surface area contributed by atoms with Crippen molar-refractivity contribution in [1.82, 2.24) is 14.9 Å². The summed E-state index contributed by atoms with van der Waals surface area (Å²) in [6, 6.07) is 12.9. The second-order valence-corrected chi connectivity index (χ2v) is 13.4. The maximum Gasteiger partial charge on any atom is 0.361 e. The highest BCUT2D eigenvalue weighted by atomic mass is 31.2. The third-order valence-corrected chi connectivity index (χ3v) is 8.86. The number of rotatable bonds is 7. The Hall–Kier alpha value is -3.37. The highest BCUT2D eigenvalue weighted by Crippen LogP contribution is 2.53. The molecule has 0 atom stereocenters. The number of halogens is 1. The molecule has 12 heteroatoms. The van der Waals surface area contributed by atoms with Gasteiger partial charge in [-0.15, -0.1) is 0 Å². The smallest absolute Gasteiger partial charge is 0.361 e. The molecular formula is C29H33FN3O7P. The maximum atomic E-state index is 14.2. The first-order valence-corrected chi connectivity index (χ1v) is 14.9. The molecule has 1 amide bonds. The van der Waals surface area contributed by atoms with Gasteiger partial charge in [0.25, 0.3) is 11.5 Å². The van der Waals surface area contributed by atoms with Gasteiger partial charge in [0.1, 0.15) is 23.8 Å². The van der Waals surface area contributed by atoms with E-state index in [9.17, 15) is 18.5 Å². The minimum atomic E-state index is -3.84. The molecule has 1 fully saturated rings. The van der Waals surface area contributed by atoms with Crippen molar-refractivity contribution >= 4 is 18.8 Å². The van der Waals surface area contributed by atoms with E-state index < -0.39 is 30.5 Å². The maximum absolute atomic E-state index is 14.2. The van der Waals surface area contributed by atoms with Gasteiger partial charge in [0.2, 0.25) is 5.75 Å². The minimum absolute atomic E-state index is 0.0295. The lowest BCUT2D eigenvalue weighted by atomic mass is 9.97. The van der Waals surface area contributed by atoms with Gasteiger partial charge in [0.05, 0.1) is 31.7 Å². The lowest BCUT2D eigenvalue weighted by Crippen LogP contribution is -2.43. The topological polar surface area (TPSA) is 118 Å². The fourth-order valence-electron chi connectivity index (χ4n) is 4.61. The van der Waals surface area contributed by atoms with E-state index in [1.54, 1.807) is 13.8 Å². The molecule has 2 aliphatic heterocycles. The van der Waals surface area contributed by atoms with E-state index in [-0.39, 0.29) is 55.1 Å².